The first kappa shape index (κ1) is 11.9. The summed E-state index contributed by atoms with van der Waals surface area (Å²) in [6.07, 6.45) is -0.507. The molecule has 4 nitrogen and oxygen atoms in total. The number of hydrogen-bond acceptors (Lipinski definition) is 4. The lowest BCUT2D eigenvalue weighted by Crippen LogP contribution is -2.44. The van der Waals surface area contributed by atoms with Gasteiger partial charge < -0.3 is 15.3 Å². The maximum Gasteiger partial charge on any atom is 0.0992 e. The highest BCUT2D eigenvalue weighted by Crippen LogP contribution is 2.27. The maximum atomic E-state index is 9.77. The van der Waals surface area contributed by atoms with E-state index >= 15 is 0 Å². The molecular formula is C13H17N3O. The van der Waals surface area contributed by atoms with Crippen LogP contribution in [0, 0.1) is 11.3 Å². The van der Waals surface area contributed by atoms with E-state index in [0.717, 1.165) is 37.4 Å². The molecule has 0 aromatic heterocycles. The maximum absolute atomic E-state index is 9.77. The highest BCUT2D eigenvalue weighted by atomic mass is 16.3. The molecule has 0 amide bonds. The predicted octanol–water partition coefficient (Wildman–Crippen LogP) is 1.02. The molecule has 0 saturated carbocycles. The van der Waals surface area contributed by atoms with Crippen LogP contribution in [0.2, 0.25) is 0 Å². The number of rotatable bonds is 2. The van der Waals surface area contributed by atoms with Crippen LogP contribution in [0.25, 0.3) is 0 Å². The van der Waals surface area contributed by atoms with Gasteiger partial charge in [-0.1, -0.05) is 6.07 Å². The molecule has 1 fully saturated rings. The third-order valence-corrected chi connectivity index (χ3v) is 3.07. The van der Waals surface area contributed by atoms with E-state index in [9.17, 15) is 5.11 Å². The highest BCUT2D eigenvalue weighted by Gasteiger charge is 2.17. The Morgan fingerprint density at radius 1 is 1.41 bits per heavy atom. The molecule has 2 rings (SSSR count). The highest BCUT2D eigenvalue weighted by molar-refractivity contribution is 5.58. The van der Waals surface area contributed by atoms with Crippen molar-refractivity contribution in [2.75, 3.05) is 31.1 Å². The number of nitriles is 1. The van der Waals surface area contributed by atoms with Crippen molar-refractivity contribution in [2.45, 2.75) is 13.0 Å². The molecule has 1 unspecified atom stereocenters. The van der Waals surface area contributed by atoms with Crippen LogP contribution in [-0.4, -0.2) is 31.3 Å². The van der Waals surface area contributed by atoms with Crippen LogP contribution in [0.1, 0.15) is 24.2 Å². The van der Waals surface area contributed by atoms with E-state index in [1.54, 1.807) is 13.0 Å². The van der Waals surface area contributed by atoms with E-state index in [1.807, 2.05) is 12.1 Å². The third kappa shape index (κ3) is 2.57. The lowest BCUT2D eigenvalue weighted by molar-refractivity contribution is 0.199. The van der Waals surface area contributed by atoms with Crippen molar-refractivity contribution in [1.29, 1.82) is 5.26 Å². The van der Waals surface area contributed by atoms with Crippen LogP contribution in [0.4, 0.5) is 5.69 Å². The lowest BCUT2D eigenvalue weighted by atomic mass is 10.0. The fraction of sp³-hybridized carbons (Fsp3) is 0.462. The van der Waals surface area contributed by atoms with Crippen LogP contribution in [0.15, 0.2) is 18.2 Å². The minimum atomic E-state index is -0.507. The number of hydrogen-bond donors (Lipinski definition) is 2. The summed E-state index contributed by atoms with van der Waals surface area (Å²) < 4.78 is 0. The Morgan fingerprint density at radius 2 is 2.12 bits per heavy atom. The first-order chi connectivity index (χ1) is 8.22. The Bertz CT molecular complexity index is 431. The Hall–Kier alpha value is -1.57. The van der Waals surface area contributed by atoms with Crippen LogP contribution < -0.4 is 10.2 Å². The Balaban J connectivity index is 2.37. The van der Waals surface area contributed by atoms with Gasteiger partial charge in [-0.3, -0.25) is 0 Å². The molecule has 2 N–H and O–H groups in total. The number of benzene rings is 1. The van der Waals surface area contributed by atoms with Crippen LogP contribution in [0.5, 0.6) is 0 Å². The summed E-state index contributed by atoms with van der Waals surface area (Å²) in [6.45, 7) is 5.46. The summed E-state index contributed by atoms with van der Waals surface area (Å²) in [5, 5.41) is 22.0. The molecule has 1 saturated heterocycles. The smallest absolute Gasteiger partial charge is 0.0992 e. The molecule has 1 aromatic rings. The monoisotopic (exact) mass is 231 g/mol. The van der Waals surface area contributed by atoms with E-state index in [-0.39, 0.29) is 0 Å². The minimum Gasteiger partial charge on any atom is -0.389 e. The van der Waals surface area contributed by atoms with E-state index in [4.69, 9.17) is 5.26 Å². The summed E-state index contributed by atoms with van der Waals surface area (Å²) in [7, 11) is 0. The second kappa shape index (κ2) is 5.17. The molecular weight excluding hydrogens is 214 g/mol. The van der Waals surface area contributed by atoms with E-state index in [0.29, 0.717) is 5.56 Å². The normalized spacial score (nSPS) is 17.6. The Labute approximate surface area is 101 Å². The predicted molar refractivity (Wildman–Crippen MR) is 66.9 cm³/mol. The van der Waals surface area contributed by atoms with Crippen LogP contribution in [-0.2, 0) is 0 Å². The molecule has 1 atom stereocenters. The van der Waals surface area contributed by atoms with Gasteiger partial charge in [0, 0.05) is 37.4 Å². The topological polar surface area (TPSA) is 59.3 Å². The molecule has 0 spiro atoms. The van der Waals surface area contributed by atoms with Crippen molar-refractivity contribution >= 4 is 5.69 Å². The summed E-state index contributed by atoms with van der Waals surface area (Å²) in [4.78, 5) is 2.22. The fourth-order valence-electron chi connectivity index (χ4n) is 2.15. The molecule has 17 heavy (non-hydrogen) atoms. The average molecular weight is 231 g/mol. The SMILES string of the molecule is CC(O)c1ccc(C#N)cc1N1CCNCC1. The zero-order valence-electron chi connectivity index (χ0n) is 9.98. The fourth-order valence-corrected chi connectivity index (χ4v) is 2.15. The van der Waals surface area contributed by atoms with Gasteiger partial charge in [0.25, 0.3) is 0 Å². The Kier molecular flexibility index (Phi) is 3.62. The van der Waals surface area contributed by atoms with Gasteiger partial charge in [0.05, 0.1) is 17.7 Å². The molecule has 0 aliphatic carbocycles. The number of nitrogens with zero attached hydrogens (tertiary/aromatic N) is 2. The molecule has 4 heteroatoms. The second-order valence-electron chi connectivity index (χ2n) is 4.30. The Morgan fingerprint density at radius 3 is 2.71 bits per heavy atom. The number of nitrogens with one attached hydrogen (secondary N) is 1. The minimum absolute atomic E-state index is 0.507. The van der Waals surface area contributed by atoms with Crippen molar-refractivity contribution < 1.29 is 5.11 Å². The van der Waals surface area contributed by atoms with Gasteiger partial charge in [-0.25, -0.2) is 0 Å². The van der Waals surface area contributed by atoms with Gasteiger partial charge in [-0.15, -0.1) is 0 Å². The number of piperazine rings is 1. The van der Waals surface area contributed by atoms with Crippen molar-refractivity contribution in [2.24, 2.45) is 0 Å². The molecule has 90 valence electrons. The zero-order chi connectivity index (χ0) is 12.3. The molecule has 1 aliphatic rings. The van der Waals surface area contributed by atoms with Gasteiger partial charge >= 0.3 is 0 Å². The van der Waals surface area contributed by atoms with Crippen LogP contribution in [0.3, 0.4) is 0 Å². The molecule has 1 aliphatic heterocycles. The standard InChI is InChI=1S/C13H17N3O/c1-10(17)12-3-2-11(9-14)8-13(12)16-6-4-15-5-7-16/h2-3,8,10,15,17H,4-7H2,1H3. The largest absolute Gasteiger partial charge is 0.389 e. The van der Waals surface area contributed by atoms with Crippen molar-refractivity contribution in [3.63, 3.8) is 0 Å². The van der Waals surface area contributed by atoms with E-state index in [1.165, 1.54) is 0 Å². The summed E-state index contributed by atoms with van der Waals surface area (Å²) >= 11 is 0. The summed E-state index contributed by atoms with van der Waals surface area (Å²) in [5.41, 5.74) is 2.52. The lowest BCUT2D eigenvalue weighted by Gasteiger charge is -2.31. The second-order valence-corrected chi connectivity index (χ2v) is 4.30. The molecule has 0 radical (unpaired) electrons. The quantitative estimate of drug-likeness (QED) is 0.798. The molecule has 0 bridgehead atoms. The summed E-state index contributed by atoms with van der Waals surface area (Å²) in [5.74, 6) is 0. The zero-order valence-corrected chi connectivity index (χ0v) is 9.98. The van der Waals surface area contributed by atoms with Crippen molar-refractivity contribution in [1.82, 2.24) is 5.32 Å². The van der Waals surface area contributed by atoms with E-state index < -0.39 is 6.10 Å². The first-order valence-electron chi connectivity index (χ1n) is 5.90. The van der Waals surface area contributed by atoms with Gasteiger partial charge in [-0.05, 0) is 19.1 Å². The molecule has 1 aromatic carbocycles. The van der Waals surface area contributed by atoms with Gasteiger partial charge in [0.2, 0.25) is 0 Å². The van der Waals surface area contributed by atoms with E-state index in [2.05, 4.69) is 16.3 Å². The number of aliphatic hydroxyl groups is 1. The molecule has 1 heterocycles. The van der Waals surface area contributed by atoms with Crippen molar-refractivity contribution in [3.8, 4) is 6.07 Å². The first-order valence-corrected chi connectivity index (χ1v) is 5.90. The van der Waals surface area contributed by atoms with Crippen LogP contribution >= 0.6 is 0 Å². The van der Waals surface area contributed by atoms with Gasteiger partial charge in [-0.2, -0.15) is 5.26 Å². The number of anilines is 1. The van der Waals surface area contributed by atoms with Gasteiger partial charge in [0.1, 0.15) is 0 Å². The number of aliphatic hydroxyl groups excluding tert-OH is 1. The summed E-state index contributed by atoms with van der Waals surface area (Å²) in [6, 6.07) is 7.62. The van der Waals surface area contributed by atoms with Gasteiger partial charge in [0.15, 0.2) is 0 Å². The third-order valence-electron chi connectivity index (χ3n) is 3.07. The average Bonchev–Trinajstić information content (AvgIpc) is 2.39. The van der Waals surface area contributed by atoms with Crippen molar-refractivity contribution in [3.05, 3.63) is 29.3 Å².